The van der Waals surface area contributed by atoms with E-state index in [1.807, 2.05) is 25.1 Å². The molecule has 0 aliphatic rings. The Morgan fingerprint density at radius 2 is 1.86 bits per heavy atom. The Kier molecular flexibility index (Phi) is 5.48. The molecular weight excluding hydrogens is 274 g/mol. The van der Waals surface area contributed by atoms with E-state index >= 15 is 0 Å². The molecule has 22 heavy (non-hydrogen) atoms. The summed E-state index contributed by atoms with van der Waals surface area (Å²) in [6.45, 7) is 4.07. The highest BCUT2D eigenvalue weighted by molar-refractivity contribution is 6.02. The van der Waals surface area contributed by atoms with Crippen molar-refractivity contribution < 1.29 is 9.53 Å². The summed E-state index contributed by atoms with van der Waals surface area (Å²) >= 11 is 0. The van der Waals surface area contributed by atoms with E-state index in [2.05, 4.69) is 6.92 Å². The maximum absolute atomic E-state index is 12.2. The molecular formula is C19H21NO2. The van der Waals surface area contributed by atoms with Gasteiger partial charge in [-0.15, -0.1) is 0 Å². The van der Waals surface area contributed by atoms with Crippen LogP contribution in [0.15, 0.2) is 48.5 Å². The average Bonchev–Trinajstić information content (AvgIpc) is 2.55. The third kappa shape index (κ3) is 4.04. The third-order valence-corrected chi connectivity index (χ3v) is 3.45. The maximum atomic E-state index is 12.2. The van der Waals surface area contributed by atoms with Crippen LogP contribution in [-0.2, 0) is 0 Å². The molecule has 0 saturated carbocycles. The van der Waals surface area contributed by atoms with Gasteiger partial charge in [0, 0.05) is 11.3 Å². The fourth-order valence-electron chi connectivity index (χ4n) is 2.19. The standard InChI is InChI=1S/C19H21NO2/c1-3-4-10-17(20)16-13-14(2)11-12-18(16)22-19(21)15-8-6-5-7-9-15/h5-9,11-13,20H,3-4,10H2,1-2H3. The molecule has 2 rings (SSSR count). The lowest BCUT2D eigenvalue weighted by Gasteiger charge is -2.12. The van der Waals surface area contributed by atoms with E-state index in [4.69, 9.17) is 10.1 Å². The van der Waals surface area contributed by atoms with Crippen LogP contribution in [0.25, 0.3) is 0 Å². The first kappa shape index (κ1) is 16.0. The Morgan fingerprint density at radius 1 is 1.14 bits per heavy atom. The minimum Gasteiger partial charge on any atom is -0.422 e. The van der Waals surface area contributed by atoms with Crippen LogP contribution in [0.4, 0.5) is 0 Å². The van der Waals surface area contributed by atoms with E-state index in [9.17, 15) is 4.79 Å². The van der Waals surface area contributed by atoms with Crippen molar-refractivity contribution in [1.29, 1.82) is 5.41 Å². The van der Waals surface area contributed by atoms with Gasteiger partial charge < -0.3 is 10.1 Å². The maximum Gasteiger partial charge on any atom is 0.343 e. The predicted octanol–water partition coefficient (Wildman–Crippen LogP) is 4.77. The zero-order valence-electron chi connectivity index (χ0n) is 13.1. The van der Waals surface area contributed by atoms with Crippen LogP contribution in [0, 0.1) is 12.3 Å². The van der Waals surface area contributed by atoms with Crippen molar-refractivity contribution in [2.75, 3.05) is 0 Å². The highest BCUT2D eigenvalue weighted by atomic mass is 16.5. The molecule has 0 heterocycles. The first-order valence-corrected chi connectivity index (χ1v) is 7.57. The minimum atomic E-state index is -0.394. The topological polar surface area (TPSA) is 50.1 Å². The number of hydrogen-bond donors (Lipinski definition) is 1. The van der Waals surface area contributed by atoms with Crippen LogP contribution in [-0.4, -0.2) is 11.7 Å². The first-order valence-electron chi connectivity index (χ1n) is 7.57. The van der Waals surface area contributed by atoms with E-state index in [1.165, 1.54) is 0 Å². The second-order valence-electron chi connectivity index (χ2n) is 5.34. The fourth-order valence-corrected chi connectivity index (χ4v) is 2.19. The van der Waals surface area contributed by atoms with Gasteiger partial charge in [0.1, 0.15) is 5.75 Å². The van der Waals surface area contributed by atoms with Crippen molar-refractivity contribution in [3.05, 3.63) is 65.2 Å². The average molecular weight is 295 g/mol. The van der Waals surface area contributed by atoms with E-state index in [1.54, 1.807) is 30.3 Å². The Bertz CT molecular complexity index is 662. The number of nitrogens with one attached hydrogen (secondary N) is 1. The summed E-state index contributed by atoms with van der Waals surface area (Å²) in [7, 11) is 0. The lowest BCUT2D eigenvalue weighted by Crippen LogP contribution is -2.11. The molecule has 0 fully saturated rings. The molecule has 0 aliphatic heterocycles. The number of unbranched alkanes of at least 4 members (excludes halogenated alkanes) is 1. The van der Waals surface area contributed by atoms with Gasteiger partial charge in [-0.05, 0) is 44.0 Å². The number of carbonyl (C=O) groups is 1. The van der Waals surface area contributed by atoms with Gasteiger partial charge in [-0.3, -0.25) is 0 Å². The van der Waals surface area contributed by atoms with Gasteiger partial charge in [0.2, 0.25) is 0 Å². The second kappa shape index (κ2) is 7.55. The largest absolute Gasteiger partial charge is 0.422 e. The summed E-state index contributed by atoms with van der Waals surface area (Å²) in [5.41, 5.74) is 2.78. The SMILES string of the molecule is CCCCC(=N)c1cc(C)ccc1OC(=O)c1ccccc1. The monoisotopic (exact) mass is 295 g/mol. The molecule has 0 atom stereocenters. The quantitative estimate of drug-likeness (QED) is 0.474. The summed E-state index contributed by atoms with van der Waals surface area (Å²) in [6, 6.07) is 14.5. The Hall–Kier alpha value is -2.42. The lowest BCUT2D eigenvalue weighted by molar-refractivity contribution is 0.0734. The number of carbonyl (C=O) groups excluding carboxylic acids is 1. The van der Waals surface area contributed by atoms with Crippen LogP contribution in [0.3, 0.4) is 0 Å². The number of rotatable bonds is 6. The molecule has 0 bridgehead atoms. The molecule has 0 saturated heterocycles. The zero-order valence-corrected chi connectivity index (χ0v) is 13.1. The van der Waals surface area contributed by atoms with Crippen molar-refractivity contribution in [2.24, 2.45) is 0 Å². The number of aryl methyl sites for hydroxylation is 1. The minimum absolute atomic E-state index is 0.394. The lowest BCUT2D eigenvalue weighted by atomic mass is 10.0. The summed E-state index contributed by atoms with van der Waals surface area (Å²) < 4.78 is 5.51. The molecule has 1 N–H and O–H groups in total. The van der Waals surface area contributed by atoms with Gasteiger partial charge in [0.25, 0.3) is 0 Å². The molecule has 2 aromatic rings. The summed E-state index contributed by atoms with van der Waals surface area (Å²) in [6.07, 6.45) is 2.68. The second-order valence-corrected chi connectivity index (χ2v) is 5.34. The Labute approximate surface area is 131 Å². The molecule has 0 unspecified atom stereocenters. The van der Waals surface area contributed by atoms with Crippen molar-refractivity contribution in [3.63, 3.8) is 0 Å². The van der Waals surface area contributed by atoms with Crippen LogP contribution >= 0.6 is 0 Å². The van der Waals surface area contributed by atoms with Crippen LogP contribution in [0.1, 0.15) is 47.7 Å². The highest BCUT2D eigenvalue weighted by Crippen LogP contribution is 2.23. The molecule has 0 amide bonds. The Balaban J connectivity index is 2.23. The van der Waals surface area contributed by atoms with Crippen molar-refractivity contribution in [1.82, 2.24) is 0 Å². The summed E-state index contributed by atoms with van der Waals surface area (Å²) in [5, 5.41) is 8.23. The third-order valence-electron chi connectivity index (χ3n) is 3.45. The number of esters is 1. The van der Waals surface area contributed by atoms with Gasteiger partial charge in [0.05, 0.1) is 5.56 Å². The molecule has 0 aromatic heterocycles. The fraction of sp³-hybridized carbons (Fsp3) is 0.263. The van der Waals surface area contributed by atoms with E-state index in [-0.39, 0.29) is 0 Å². The van der Waals surface area contributed by atoms with Crippen LogP contribution in [0.2, 0.25) is 0 Å². The van der Waals surface area contributed by atoms with Gasteiger partial charge in [-0.25, -0.2) is 4.79 Å². The van der Waals surface area contributed by atoms with E-state index in [0.717, 1.165) is 18.4 Å². The highest BCUT2D eigenvalue weighted by Gasteiger charge is 2.14. The van der Waals surface area contributed by atoms with Crippen molar-refractivity contribution in [3.8, 4) is 5.75 Å². The van der Waals surface area contributed by atoms with Crippen molar-refractivity contribution in [2.45, 2.75) is 33.1 Å². The predicted molar refractivity (Wildman–Crippen MR) is 88.9 cm³/mol. The number of hydrogen-bond acceptors (Lipinski definition) is 3. The summed E-state index contributed by atoms with van der Waals surface area (Å²) in [5.74, 6) is 0.0644. The van der Waals surface area contributed by atoms with E-state index < -0.39 is 5.97 Å². The number of benzene rings is 2. The first-order chi connectivity index (χ1) is 10.6. The van der Waals surface area contributed by atoms with Crippen LogP contribution in [0.5, 0.6) is 5.75 Å². The smallest absolute Gasteiger partial charge is 0.343 e. The van der Waals surface area contributed by atoms with Gasteiger partial charge in [-0.1, -0.05) is 43.2 Å². The van der Waals surface area contributed by atoms with Crippen molar-refractivity contribution >= 4 is 11.7 Å². The van der Waals surface area contributed by atoms with Crippen LogP contribution < -0.4 is 4.74 Å². The van der Waals surface area contributed by atoms with Gasteiger partial charge in [-0.2, -0.15) is 0 Å². The molecule has 3 heteroatoms. The van der Waals surface area contributed by atoms with E-state index in [0.29, 0.717) is 29.0 Å². The molecule has 0 radical (unpaired) electrons. The van der Waals surface area contributed by atoms with Gasteiger partial charge in [0.15, 0.2) is 0 Å². The molecule has 0 aliphatic carbocycles. The summed E-state index contributed by atoms with van der Waals surface area (Å²) in [4.78, 5) is 12.2. The normalized spacial score (nSPS) is 10.3. The molecule has 0 spiro atoms. The molecule has 3 nitrogen and oxygen atoms in total. The Morgan fingerprint density at radius 3 is 2.55 bits per heavy atom. The number of ether oxygens (including phenoxy) is 1. The van der Waals surface area contributed by atoms with Gasteiger partial charge >= 0.3 is 5.97 Å². The molecule has 114 valence electrons. The molecule has 2 aromatic carbocycles. The zero-order chi connectivity index (χ0) is 15.9.